The molecule has 1 atom stereocenters. The van der Waals surface area contributed by atoms with Crippen LogP contribution in [-0.2, 0) is 4.74 Å². The van der Waals surface area contributed by atoms with Crippen molar-refractivity contribution in [2.24, 2.45) is 0 Å². The van der Waals surface area contributed by atoms with Crippen LogP contribution < -0.4 is 11.1 Å². The number of hydrogen-bond acceptors (Lipinski definition) is 5. The molecular formula is C22H35N5O3. The second kappa shape index (κ2) is 9.82. The van der Waals surface area contributed by atoms with Crippen LogP contribution in [-0.4, -0.2) is 52.7 Å². The average Bonchev–Trinajstić information content (AvgIpc) is 2.98. The molecular weight excluding hydrogens is 382 g/mol. The summed E-state index contributed by atoms with van der Waals surface area (Å²) in [4.78, 5) is 30.5. The second-order valence-electron chi connectivity index (χ2n) is 8.70. The predicted molar refractivity (Wildman–Crippen MR) is 120 cm³/mol. The monoisotopic (exact) mass is 417 g/mol. The van der Waals surface area contributed by atoms with Crippen LogP contribution in [0, 0.1) is 0 Å². The summed E-state index contributed by atoms with van der Waals surface area (Å²) >= 11 is 0. The van der Waals surface area contributed by atoms with Crippen LogP contribution in [0.1, 0.15) is 69.8 Å². The lowest BCUT2D eigenvalue weighted by Gasteiger charge is -2.21. The fourth-order valence-electron chi connectivity index (χ4n) is 3.48. The van der Waals surface area contributed by atoms with E-state index in [1.807, 2.05) is 43.5 Å². The number of ether oxygens (including phenoxy) is 1. The number of nitrogens with two attached hydrogens (primary N) is 1. The minimum absolute atomic E-state index is 0.0711. The van der Waals surface area contributed by atoms with Gasteiger partial charge in [0.25, 0.3) is 5.91 Å². The van der Waals surface area contributed by atoms with E-state index in [0.29, 0.717) is 18.1 Å². The highest BCUT2D eigenvalue weighted by molar-refractivity contribution is 6.05. The predicted octanol–water partition coefficient (Wildman–Crippen LogP) is 3.97. The number of carbonyl (C=O) groups is 2. The summed E-state index contributed by atoms with van der Waals surface area (Å²) in [7, 11) is 3.47. The molecule has 2 amide bonds. The lowest BCUT2D eigenvalue weighted by atomic mass is 10.1. The van der Waals surface area contributed by atoms with Gasteiger partial charge in [0.15, 0.2) is 0 Å². The standard InChI is InChI=1S/C22H35N5O3/c1-7-15(11-8-9-14-24-21(29)30-22(2,3)4)27-18-16(19(28)26(5)6)12-10-13-17(18)25-20(27)23/h10,12-13,15H,7-9,11,14H2,1-6H3,(H2,23,25)(H,24,29). The molecule has 0 saturated heterocycles. The normalized spacial score (nSPS) is 12.6. The first-order valence-corrected chi connectivity index (χ1v) is 10.5. The molecule has 30 heavy (non-hydrogen) atoms. The molecule has 166 valence electrons. The fraction of sp³-hybridized carbons (Fsp3) is 0.591. The van der Waals surface area contributed by atoms with Crippen LogP contribution >= 0.6 is 0 Å². The first-order valence-electron chi connectivity index (χ1n) is 10.5. The number of unbranched alkanes of at least 4 members (excludes halogenated alkanes) is 1. The molecule has 0 aliphatic carbocycles. The minimum atomic E-state index is -0.501. The van der Waals surface area contributed by atoms with Crippen LogP contribution in [0.3, 0.4) is 0 Å². The van der Waals surface area contributed by atoms with Gasteiger partial charge in [-0.15, -0.1) is 0 Å². The van der Waals surface area contributed by atoms with Gasteiger partial charge in [0.2, 0.25) is 5.95 Å². The number of fused-ring (bicyclic) bond motifs is 1. The number of hydrogen-bond donors (Lipinski definition) is 2. The molecule has 0 spiro atoms. The number of nitrogens with one attached hydrogen (secondary N) is 1. The zero-order valence-corrected chi connectivity index (χ0v) is 19.0. The van der Waals surface area contributed by atoms with Gasteiger partial charge in [0, 0.05) is 26.7 Å². The van der Waals surface area contributed by atoms with Crippen LogP contribution in [0.2, 0.25) is 0 Å². The quantitative estimate of drug-likeness (QED) is 0.633. The number of benzene rings is 1. The van der Waals surface area contributed by atoms with Gasteiger partial charge in [-0.3, -0.25) is 4.79 Å². The summed E-state index contributed by atoms with van der Waals surface area (Å²) in [5, 5.41) is 2.79. The maximum absolute atomic E-state index is 12.7. The number of carbonyl (C=O) groups excluding carboxylic acids is 2. The Morgan fingerprint density at radius 2 is 1.97 bits per heavy atom. The first-order chi connectivity index (χ1) is 14.0. The van der Waals surface area contributed by atoms with Crippen LogP contribution in [0.15, 0.2) is 18.2 Å². The average molecular weight is 418 g/mol. The number of amides is 2. The molecule has 1 heterocycles. The van der Waals surface area contributed by atoms with Gasteiger partial charge in [-0.05, 0) is 58.6 Å². The van der Waals surface area contributed by atoms with Crippen LogP contribution in [0.25, 0.3) is 11.0 Å². The van der Waals surface area contributed by atoms with Gasteiger partial charge in [0.05, 0.1) is 16.6 Å². The van der Waals surface area contributed by atoms with E-state index in [0.717, 1.165) is 36.7 Å². The molecule has 8 heteroatoms. The third kappa shape index (κ3) is 5.87. The van der Waals surface area contributed by atoms with Crippen molar-refractivity contribution in [3.63, 3.8) is 0 Å². The zero-order chi connectivity index (χ0) is 22.5. The number of para-hydroxylation sites is 1. The van der Waals surface area contributed by atoms with Gasteiger partial charge in [-0.25, -0.2) is 9.78 Å². The van der Waals surface area contributed by atoms with E-state index in [1.165, 1.54) is 0 Å². The van der Waals surface area contributed by atoms with E-state index in [4.69, 9.17) is 10.5 Å². The molecule has 0 aliphatic rings. The second-order valence-corrected chi connectivity index (χ2v) is 8.70. The number of nitrogens with zero attached hydrogens (tertiary/aromatic N) is 3. The SMILES string of the molecule is CCC(CCCCNC(=O)OC(C)(C)C)n1c(N)nc2cccc(C(=O)N(C)C)c21. The third-order valence-electron chi connectivity index (χ3n) is 4.84. The van der Waals surface area contributed by atoms with Crippen LogP contribution in [0.4, 0.5) is 10.7 Å². The molecule has 0 aliphatic heterocycles. The third-order valence-corrected chi connectivity index (χ3v) is 4.84. The molecule has 8 nitrogen and oxygen atoms in total. The van der Waals surface area contributed by atoms with Crippen molar-refractivity contribution < 1.29 is 14.3 Å². The molecule has 0 radical (unpaired) electrons. The zero-order valence-electron chi connectivity index (χ0n) is 19.0. The Bertz CT molecular complexity index is 883. The molecule has 0 fully saturated rings. The Hall–Kier alpha value is -2.77. The molecule has 1 aromatic heterocycles. The van der Waals surface area contributed by atoms with Crippen molar-refractivity contribution in [1.82, 2.24) is 19.8 Å². The summed E-state index contributed by atoms with van der Waals surface area (Å²) in [6.45, 7) is 8.18. The maximum atomic E-state index is 12.7. The highest BCUT2D eigenvalue weighted by atomic mass is 16.6. The highest BCUT2D eigenvalue weighted by Crippen LogP contribution is 2.30. The molecule has 2 aromatic rings. The fourth-order valence-corrected chi connectivity index (χ4v) is 3.48. The smallest absolute Gasteiger partial charge is 0.407 e. The summed E-state index contributed by atoms with van der Waals surface area (Å²) in [5.74, 6) is 0.348. The number of anilines is 1. The Morgan fingerprint density at radius 1 is 1.27 bits per heavy atom. The Kier molecular flexibility index (Phi) is 7.70. The molecule has 3 N–H and O–H groups in total. The van der Waals surface area contributed by atoms with Crippen molar-refractivity contribution in [3.05, 3.63) is 23.8 Å². The molecule has 0 bridgehead atoms. The summed E-state index contributed by atoms with van der Waals surface area (Å²) in [6.07, 6.45) is 3.06. The van der Waals surface area contributed by atoms with Crippen molar-refractivity contribution >= 4 is 29.0 Å². The maximum Gasteiger partial charge on any atom is 0.407 e. The largest absolute Gasteiger partial charge is 0.444 e. The number of imidazole rings is 1. The summed E-state index contributed by atoms with van der Waals surface area (Å²) in [6, 6.07) is 5.65. The summed E-state index contributed by atoms with van der Waals surface area (Å²) in [5.41, 5.74) is 7.87. The van der Waals surface area contributed by atoms with Gasteiger partial charge < -0.3 is 25.3 Å². The Morgan fingerprint density at radius 3 is 2.57 bits per heavy atom. The number of aromatic nitrogens is 2. The van der Waals surface area contributed by atoms with Crippen LogP contribution in [0.5, 0.6) is 0 Å². The van der Waals surface area contributed by atoms with Crippen molar-refractivity contribution in [3.8, 4) is 0 Å². The van der Waals surface area contributed by atoms with Gasteiger partial charge in [-0.1, -0.05) is 13.0 Å². The lowest BCUT2D eigenvalue weighted by Crippen LogP contribution is -2.33. The number of nitrogen functional groups attached to an aromatic ring is 1. The van der Waals surface area contributed by atoms with Gasteiger partial charge in [-0.2, -0.15) is 0 Å². The minimum Gasteiger partial charge on any atom is -0.444 e. The van der Waals surface area contributed by atoms with E-state index in [2.05, 4.69) is 17.2 Å². The molecule has 1 unspecified atom stereocenters. The van der Waals surface area contributed by atoms with Gasteiger partial charge >= 0.3 is 6.09 Å². The van der Waals surface area contributed by atoms with Crippen molar-refractivity contribution in [2.45, 2.75) is 65.0 Å². The van der Waals surface area contributed by atoms with Gasteiger partial charge in [0.1, 0.15) is 5.60 Å². The van der Waals surface area contributed by atoms with Crippen molar-refractivity contribution in [2.75, 3.05) is 26.4 Å². The Labute approximate surface area is 178 Å². The molecule has 1 aromatic carbocycles. The summed E-state index contributed by atoms with van der Waals surface area (Å²) < 4.78 is 7.24. The topological polar surface area (TPSA) is 102 Å². The van der Waals surface area contributed by atoms with E-state index in [9.17, 15) is 9.59 Å². The highest BCUT2D eigenvalue weighted by Gasteiger charge is 2.22. The number of alkyl carbamates (subject to hydrolysis) is 1. The number of rotatable bonds is 8. The van der Waals surface area contributed by atoms with E-state index in [1.54, 1.807) is 19.0 Å². The lowest BCUT2D eigenvalue weighted by molar-refractivity contribution is 0.0526. The molecule has 2 rings (SSSR count). The van der Waals surface area contributed by atoms with E-state index >= 15 is 0 Å². The molecule has 0 saturated carbocycles. The Balaban J connectivity index is 2.09. The van der Waals surface area contributed by atoms with E-state index < -0.39 is 11.7 Å². The van der Waals surface area contributed by atoms with Crippen molar-refractivity contribution in [1.29, 1.82) is 0 Å². The van der Waals surface area contributed by atoms with E-state index in [-0.39, 0.29) is 11.9 Å². The first kappa shape index (κ1) is 23.5.